The van der Waals surface area contributed by atoms with Gasteiger partial charge < -0.3 is 14.4 Å². The Hall–Kier alpha value is -1.26. The number of carbonyl (C=O) groups excluding carboxylic acids is 2. The Labute approximate surface area is 136 Å². The van der Waals surface area contributed by atoms with Crippen molar-refractivity contribution in [2.45, 2.75) is 44.2 Å². The second-order valence-corrected chi connectivity index (χ2v) is 6.24. The summed E-state index contributed by atoms with van der Waals surface area (Å²) in [6.45, 7) is 7.53. The van der Waals surface area contributed by atoms with Crippen LogP contribution in [0.25, 0.3) is 0 Å². The van der Waals surface area contributed by atoms with E-state index in [0.29, 0.717) is 32.6 Å². The molecule has 0 aliphatic carbocycles. The highest BCUT2D eigenvalue weighted by atomic mass is 32.2. The molecule has 0 spiro atoms. The molecule has 0 saturated carbocycles. The fraction of sp³-hybridized carbons (Fsp3) is 0.800. The molecule has 1 rings (SSSR count). The van der Waals surface area contributed by atoms with Crippen molar-refractivity contribution >= 4 is 23.6 Å². The number of hydrogen-bond acceptors (Lipinski definition) is 6. The molecule has 7 heteroatoms. The molecule has 3 atom stereocenters. The summed E-state index contributed by atoms with van der Waals surface area (Å²) in [6.07, 6.45) is 0.964. The maximum Gasteiger partial charge on any atom is 0.323 e. The lowest BCUT2D eigenvalue weighted by atomic mass is 10.1. The zero-order valence-electron chi connectivity index (χ0n) is 13.4. The van der Waals surface area contributed by atoms with Crippen LogP contribution in [-0.2, 0) is 19.1 Å². The molecule has 124 valence electrons. The van der Waals surface area contributed by atoms with Crippen LogP contribution < -0.4 is 0 Å². The molecule has 0 aromatic heterocycles. The van der Waals surface area contributed by atoms with E-state index in [9.17, 15) is 9.59 Å². The fourth-order valence-electron chi connectivity index (χ4n) is 2.36. The monoisotopic (exact) mass is 328 g/mol. The first-order valence-electron chi connectivity index (χ1n) is 7.68. The van der Waals surface area contributed by atoms with Crippen molar-refractivity contribution < 1.29 is 19.1 Å². The first-order chi connectivity index (χ1) is 10.6. The summed E-state index contributed by atoms with van der Waals surface area (Å²) in [7, 11) is 0. The Bertz CT molecular complexity index is 424. The van der Waals surface area contributed by atoms with E-state index in [2.05, 4.69) is 0 Å². The number of amides is 1. The predicted octanol–water partition coefficient (Wildman–Crippen LogP) is 1.80. The van der Waals surface area contributed by atoms with Crippen molar-refractivity contribution in [1.29, 1.82) is 5.26 Å². The van der Waals surface area contributed by atoms with Crippen LogP contribution in [0.5, 0.6) is 0 Å². The molecule has 1 heterocycles. The first-order valence-corrected chi connectivity index (χ1v) is 8.63. The van der Waals surface area contributed by atoms with Crippen LogP contribution in [0, 0.1) is 17.2 Å². The fourth-order valence-corrected chi connectivity index (χ4v) is 3.93. The predicted molar refractivity (Wildman–Crippen MR) is 84.0 cm³/mol. The van der Waals surface area contributed by atoms with E-state index in [4.69, 9.17) is 14.7 Å². The highest BCUT2D eigenvalue weighted by Gasteiger charge is 2.41. The lowest BCUT2D eigenvalue weighted by Crippen LogP contribution is -2.36. The third-order valence-electron chi connectivity index (χ3n) is 3.46. The lowest BCUT2D eigenvalue weighted by Gasteiger charge is -2.23. The third kappa shape index (κ3) is 4.89. The standard InChI is InChI=1S/C15H24N2O4S/c1-4-17-13(9-11(10-16)15(19)21-6-3)22-12(14(17)18)7-8-20-5-2/h11-13H,4-9H2,1-3H3. The summed E-state index contributed by atoms with van der Waals surface area (Å²) in [5.74, 6) is -1.27. The van der Waals surface area contributed by atoms with Crippen molar-refractivity contribution in [3.63, 3.8) is 0 Å². The number of nitriles is 1. The number of carbonyl (C=O) groups is 2. The summed E-state index contributed by atoms with van der Waals surface area (Å²) in [5.41, 5.74) is 0. The molecule has 1 aliphatic heterocycles. The van der Waals surface area contributed by atoms with Crippen LogP contribution >= 0.6 is 11.8 Å². The molecule has 3 unspecified atom stereocenters. The van der Waals surface area contributed by atoms with E-state index in [-0.39, 0.29) is 23.1 Å². The number of nitrogens with zero attached hydrogens (tertiary/aromatic N) is 2. The molecule has 0 radical (unpaired) electrons. The van der Waals surface area contributed by atoms with Crippen LogP contribution in [-0.4, -0.2) is 53.8 Å². The minimum atomic E-state index is -0.829. The summed E-state index contributed by atoms with van der Waals surface area (Å²) in [5, 5.41) is 8.85. The van der Waals surface area contributed by atoms with Gasteiger partial charge in [-0.1, -0.05) is 0 Å². The van der Waals surface area contributed by atoms with Gasteiger partial charge in [-0.3, -0.25) is 9.59 Å². The molecule has 0 aromatic carbocycles. The molecule has 0 N–H and O–H groups in total. The SMILES string of the molecule is CCOCCC1SC(CC(C#N)C(=O)OCC)N(CC)C1=O. The third-order valence-corrected chi connectivity index (χ3v) is 4.99. The maximum absolute atomic E-state index is 12.4. The molecule has 6 nitrogen and oxygen atoms in total. The average molecular weight is 328 g/mol. The number of rotatable bonds is 9. The van der Waals surface area contributed by atoms with Gasteiger partial charge in [0.1, 0.15) is 5.92 Å². The van der Waals surface area contributed by atoms with E-state index in [1.54, 1.807) is 11.8 Å². The van der Waals surface area contributed by atoms with Crippen molar-refractivity contribution in [2.24, 2.45) is 5.92 Å². The van der Waals surface area contributed by atoms with E-state index >= 15 is 0 Å². The van der Waals surface area contributed by atoms with Gasteiger partial charge in [0.15, 0.2) is 0 Å². The van der Waals surface area contributed by atoms with E-state index in [1.165, 1.54) is 11.8 Å². The van der Waals surface area contributed by atoms with Crippen molar-refractivity contribution in [3.8, 4) is 6.07 Å². The Morgan fingerprint density at radius 1 is 1.41 bits per heavy atom. The quantitative estimate of drug-likeness (QED) is 0.474. The van der Waals surface area contributed by atoms with Crippen molar-refractivity contribution in [1.82, 2.24) is 4.90 Å². The van der Waals surface area contributed by atoms with Gasteiger partial charge in [-0.2, -0.15) is 5.26 Å². The average Bonchev–Trinajstić information content (AvgIpc) is 2.80. The minimum Gasteiger partial charge on any atom is -0.465 e. The molecule has 1 fully saturated rings. The highest BCUT2D eigenvalue weighted by molar-refractivity contribution is 8.01. The van der Waals surface area contributed by atoms with Gasteiger partial charge in [0.2, 0.25) is 5.91 Å². The molecular formula is C15H24N2O4S. The van der Waals surface area contributed by atoms with Gasteiger partial charge in [0.05, 0.1) is 23.3 Å². The van der Waals surface area contributed by atoms with Crippen molar-refractivity contribution in [2.75, 3.05) is 26.4 Å². The second-order valence-electron chi connectivity index (χ2n) is 4.86. The summed E-state index contributed by atoms with van der Waals surface area (Å²) in [6, 6.07) is 1.99. The topological polar surface area (TPSA) is 79.6 Å². The normalized spacial score (nSPS) is 22.5. The molecule has 22 heavy (non-hydrogen) atoms. The van der Waals surface area contributed by atoms with E-state index in [1.807, 2.05) is 19.9 Å². The highest BCUT2D eigenvalue weighted by Crippen LogP contribution is 2.37. The number of thioether (sulfide) groups is 1. The number of ether oxygens (including phenoxy) is 2. The molecule has 1 amide bonds. The van der Waals surface area contributed by atoms with Gasteiger partial charge in [0, 0.05) is 26.2 Å². The zero-order valence-corrected chi connectivity index (χ0v) is 14.2. The first kappa shape index (κ1) is 18.8. The largest absolute Gasteiger partial charge is 0.465 e. The summed E-state index contributed by atoms with van der Waals surface area (Å²) in [4.78, 5) is 25.9. The van der Waals surface area contributed by atoms with Gasteiger partial charge in [-0.05, 0) is 27.2 Å². The van der Waals surface area contributed by atoms with Crippen LogP contribution in [0.4, 0.5) is 0 Å². The Kier molecular flexibility index (Phi) is 8.28. The van der Waals surface area contributed by atoms with E-state index in [0.717, 1.165) is 0 Å². The van der Waals surface area contributed by atoms with Crippen LogP contribution in [0.1, 0.15) is 33.6 Å². The van der Waals surface area contributed by atoms with Crippen LogP contribution in [0.3, 0.4) is 0 Å². The number of hydrogen-bond donors (Lipinski definition) is 0. The van der Waals surface area contributed by atoms with Gasteiger partial charge in [-0.15, -0.1) is 11.8 Å². The molecular weight excluding hydrogens is 304 g/mol. The Morgan fingerprint density at radius 2 is 2.14 bits per heavy atom. The van der Waals surface area contributed by atoms with Gasteiger partial charge >= 0.3 is 5.97 Å². The van der Waals surface area contributed by atoms with Crippen LogP contribution in [0.15, 0.2) is 0 Å². The number of esters is 1. The van der Waals surface area contributed by atoms with Gasteiger partial charge in [-0.25, -0.2) is 0 Å². The second kappa shape index (κ2) is 9.70. The molecule has 1 aliphatic rings. The molecule has 1 saturated heterocycles. The Morgan fingerprint density at radius 3 is 2.68 bits per heavy atom. The minimum absolute atomic E-state index is 0.0674. The maximum atomic E-state index is 12.4. The Balaban J connectivity index is 2.66. The zero-order chi connectivity index (χ0) is 16.5. The summed E-state index contributed by atoms with van der Waals surface area (Å²) < 4.78 is 10.2. The smallest absolute Gasteiger partial charge is 0.323 e. The summed E-state index contributed by atoms with van der Waals surface area (Å²) >= 11 is 1.52. The van der Waals surface area contributed by atoms with Crippen LogP contribution in [0.2, 0.25) is 0 Å². The lowest BCUT2D eigenvalue weighted by molar-refractivity contribution is -0.146. The van der Waals surface area contributed by atoms with Crippen molar-refractivity contribution in [3.05, 3.63) is 0 Å². The molecule has 0 aromatic rings. The molecule has 0 bridgehead atoms. The van der Waals surface area contributed by atoms with E-state index < -0.39 is 11.9 Å². The van der Waals surface area contributed by atoms with Gasteiger partial charge in [0.25, 0.3) is 0 Å².